The highest BCUT2D eigenvalue weighted by Gasteiger charge is 2.33. The van der Waals surface area contributed by atoms with Gasteiger partial charge < -0.3 is 16.2 Å². The molecular formula is C17H26N2O2. The minimum absolute atomic E-state index is 0.261. The monoisotopic (exact) mass is 290 g/mol. The summed E-state index contributed by atoms with van der Waals surface area (Å²) in [6, 6.07) is 7.52. The van der Waals surface area contributed by atoms with Crippen molar-refractivity contribution in [2.24, 2.45) is 5.73 Å². The number of carbonyl (C=O) groups is 1. The highest BCUT2D eigenvalue weighted by atomic mass is 16.3. The van der Waals surface area contributed by atoms with Crippen LogP contribution in [0, 0.1) is 0 Å². The summed E-state index contributed by atoms with van der Waals surface area (Å²) in [5.41, 5.74) is 6.07. The third-order valence-electron chi connectivity index (χ3n) is 4.52. The van der Waals surface area contributed by atoms with Crippen LogP contribution in [0.2, 0.25) is 0 Å². The number of aryl methyl sites for hydroxylation is 1. The van der Waals surface area contributed by atoms with Crippen molar-refractivity contribution in [3.63, 3.8) is 0 Å². The van der Waals surface area contributed by atoms with Crippen molar-refractivity contribution in [1.82, 2.24) is 5.32 Å². The van der Waals surface area contributed by atoms with Gasteiger partial charge in [-0.05, 0) is 50.3 Å². The van der Waals surface area contributed by atoms with Crippen LogP contribution in [0.25, 0.3) is 0 Å². The summed E-state index contributed by atoms with van der Waals surface area (Å²) in [7, 11) is 0. The van der Waals surface area contributed by atoms with E-state index in [1.54, 1.807) is 12.1 Å². The van der Waals surface area contributed by atoms with E-state index in [1.165, 1.54) is 19.3 Å². The lowest BCUT2D eigenvalue weighted by Gasteiger charge is -2.34. The van der Waals surface area contributed by atoms with Crippen LogP contribution in [0.5, 0.6) is 5.75 Å². The molecule has 1 amide bonds. The van der Waals surface area contributed by atoms with Crippen molar-refractivity contribution in [3.8, 4) is 5.75 Å². The second-order valence-electron chi connectivity index (χ2n) is 6.34. The number of benzene rings is 1. The molecule has 1 saturated carbocycles. The zero-order valence-corrected chi connectivity index (χ0v) is 12.8. The molecule has 0 heterocycles. The van der Waals surface area contributed by atoms with Gasteiger partial charge in [-0.25, -0.2) is 0 Å². The Balaban J connectivity index is 1.96. The summed E-state index contributed by atoms with van der Waals surface area (Å²) >= 11 is 0. The molecule has 1 aliphatic carbocycles. The first-order chi connectivity index (χ1) is 9.99. The molecule has 1 atom stereocenters. The van der Waals surface area contributed by atoms with E-state index in [0.717, 1.165) is 24.8 Å². The third-order valence-corrected chi connectivity index (χ3v) is 4.52. The quantitative estimate of drug-likeness (QED) is 0.753. The Kier molecular flexibility index (Phi) is 5.23. The lowest BCUT2D eigenvalue weighted by Crippen LogP contribution is -2.57. The van der Waals surface area contributed by atoms with E-state index in [1.807, 2.05) is 19.1 Å². The number of nitrogens with two attached hydrogens (primary N) is 1. The fourth-order valence-corrected chi connectivity index (χ4v) is 3.02. The first-order valence-corrected chi connectivity index (χ1v) is 7.85. The van der Waals surface area contributed by atoms with Crippen molar-refractivity contribution in [2.75, 3.05) is 0 Å². The van der Waals surface area contributed by atoms with Gasteiger partial charge in [0.05, 0.1) is 5.54 Å². The highest BCUT2D eigenvalue weighted by molar-refractivity contribution is 5.84. The van der Waals surface area contributed by atoms with Crippen LogP contribution < -0.4 is 11.1 Å². The Bertz CT molecular complexity index is 466. The minimum Gasteiger partial charge on any atom is -0.508 e. The molecule has 116 valence electrons. The maximum Gasteiger partial charge on any atom is 0.237 e. The highest BCUT2D eigenvalue weighted by Crippen LogP contribution is 2.23. The summed E-state index contributed by atoms with van der Waals surface area (Å²) in [6.45, 7) is 1.91. The van der Waals surface area contributed by atoms with Gasteiger partial charge in [-0.1, -0.05) is 31.4 Å². The second kappa shape index (κ2) is 6.94. The summed E-state index contributed by atoms with van der Waals surface area (Å²) < 4.78 is 0. The topological polar surface area (TPSA) is 75.3 Å². The summed E-state index contributed by atoms with van der Waals surface area (Å²) in [5.74, 6) is -0.0244. The molecule has 21 heavy (non-hydrogen) atoms. The van der Waals surface area contributed by atoms with Gasteiger partial charge in [0, 0.05) is 6.04 Å². The zero-order chi connectivity index (χ0) is 15.3. The van der Waals surface area contributed by atoms with Crippen LogP contribution in [0.4, 0.5) is 0 Å². The van der Waals surface area contributed by atoms with E-state index in [2.05, 4.69) is 5.32 Å². The van der Waals surface area contributed by atoms with Crippen molar-refractivity contribution in [1.29, 1.82) is 0 Å². The molecule has 0 aliphatic heterocycles. The SMILES string of the molecule is CC(CCc1ccc(O)cc1)(NC1CCCCC1)C(N)=O. The molecule has 1 aliphatic rings. The lowest BCUT2D eigenvalue weighted by molar-refractivity contribution is -0.124. The number of primary amides is 1. The summed E-state index contributed by atoms with van der Waals surface area (Å²) in [6.07, 6.45) is 7.43. The maximum absolute atomic E-state index is 11.9. The Morgan fingerprint density at radius 2 is 1.90 bits per heavy atom. The van der Waals surface area contributed by atoms with Crippen LogP contribution in [0.3, 0.4) is 0 Å². The predicted octanol–water partition coefficient (Wildman–Crippen LogP) is 2.49. The van der Waals surface area contributed by atoms with Crippen molar-refractivity contribution >= 4 is 5.91 Å². The predicted molar refractivity (Wildman–Crippen MR) is 84.0 cm³/mol. The van der Waals surface area contributed by atoms with E-state index in [-0.39, 0.29) is 11.7 Å². The molecule has 0 aromatic heterocycles. The van der Waals surface area contributed by atoms with Crippen LogP contribution in [0.1, 0.15) is 51.0 Å². The molecular weight excluding hydrogens is 264 g/mol. The van der Waals surface area contributed by atoms with E-state index < -0.39 is 5.54 Å². The number of hydrogen-bond acceptors (Lipinski definition) is 3. The Labute approximate surface area is 126 Å². The number of amides is 1. The van der Waals surface area contributed by atoms with Gasteiger partial charge in [-0.15, -0.1) is 0 Å². The standard InChI is InChI=1S/C17H26N2O2/c1-17(16(18)21,19-14-5-3-2-4-6-14)12-11-13-7-9-15(20)10-8-13/h7-10,14,19-20H,2-6,11-12H2,1H3,(H2,18,21). The number of carbonyl (C=O) groups excluding carboxylic acids is 1. The lowest BCUT2D eigenvalue weighted by atomic mass is 9.88. The van der Waals surface area contributed by atoms with Gasteiger partial charge in [0.2, 0.25) is 5.91 Å². The first-order valence-electron chi connectivity index (χ1n) is 7.85. The van der Waals surface area contributed by atoms with Gasteiger partial charge >= 0.3 is 0 Å². The maximum atomic E-state index is 11.9. The van der Waals surface area contributed by atoms with Gasteiger partial charge in [0.1, 0.15) is 5.75 Å². The number of nitrogens with one attached hydrogen (secondary N) is 1. The van der Waals surface area contributed by atoms with E-state index in [0.29, 0.717) is 12.5 Å². The fourth-order valence-electron chi connectivity index (χ4n) is 3.02. The number of aromatic hydroxyl groups is 1. The van der Waals surface area contributed by atoms with Crippen LogP contribution in [0.15, 0.2) is 24.3 Å². The number of phenols is 1. The van der Waals surface area contributed by atoms with Gasteiger partial charge in [-0.3, -0.25) is 4.79 Å². The number of rotatable bonds is 6. The summed E-state index contributed by atoms with van der Waals surface area (Å²) in [4.78, 5) is 11.9. The molecule has 4 nitrogen and oxygen atoms in total. The minimum atomic E-state index is -0.667. The molecule has 1 aromatic carbocycles. The molecule has 0 bridgehead atoms. The molecule has 1 aromatic rings. The fraction of sp³-hybridized carbons (Fsp3) is 0.588. The molecule has 2 rings (SSSR count). The summed E-state index contributed by atoms with van der Waals surface area (Å²) in [5, 5.41) is 12.8. The first kappa shape index (κ1) is 15.8. The van der Waals surface area contributed by atoms with E-state index >= 15 is 0 Å². The van der Waals surface area contributed by atoms with Crippen LogP contribution in [-0.4, -0.2) is 22.6 Å². The average Bonchev–Trinajstić information content (AvgIpc) is 2.47. The molecule has 0 radical (unpaired) electrons. The smallest absolute Gasteiger partial charge is 0.237 e. The Morgan fingerprint density at radius 3 is 2.48 bits per heavy atom. The van der Waals surface area contributed by atoms with Crippen molar-refractivity contribution < 1.29 is 9.90 Å². The van der Waals surface area contributed by atoms with Crippen LogP contribution >= 0.6 is 0 Å². The van der Waals surface area contributed by atoms with Gasteiger partial charge in [-0.2, -0.15) is 0 Å². The van der Waals surface area contributed by atoms with Gasteiger partial charge in [0.15, 0.2) is 0 Å². The molecule has 0 spiro atoms. The number of hydrogen-bond donors (Lipinski definition) is 3. The Morgan fingerprint density at radius 1 is 1.29 bits per heavy atom. The van der Waals surface area contributed by atoms with Crippen molar-refractivity contribution in [2.45, 2.75) is 63.5 Å². The number of phenolic OH excluding ortho intramolecular Hbond substituents is 1. The van der Waals surface area contributed by atoms with Crippen molar-refractivity contribution in [3.05, 3.63) is 29.8 Å². The van der Waals surface area contributed by atoms with E-state index in [4.69, 9.17) is 5.73 Å². The Hall–Kier alpha value is -1.55. The molecule has 1 fully saturated rings. The second-order valence-corrected chi connectivity index (χ2v) is 6.34. The zero-order valence-electron chi connectivity index (χ0n) is 12.8. The normalized spacial score (nSPS) is 19.1. The average molecular weight is 290 g/mol. The van der Waals surface area contributed by atoms with Gasteiger partial charge in [0.25, 0.3) is 0 Å². The van der Waals surface area contributed by atoms with Crippen LogP contribution in [-0.2, 0) is 11.2 Å². The largest absolute Gasteiger partial charge is 0.508 e. The molecule has 1 unspecified atom stereocenters. The van der Waals surface area contributed by atoms with E-state index in [9.17, 15) is 9.90 Å². The third kappa shape index (κ3) is 4.46. The molecule has 4 N–H and O–H groups in total. The molecule has 0 saturated heterocycles. The molecule has 4 heteroatoms.